The summed E-state index contributed by atoms with van der Waals surface area (Å²) in [7, 11) is 0. The van der Waals surface area contributed by atoms with Gasteiger partial charge in [-0.05, 0) is 0 Å². The Morgan fingerprint density at radius 2 is 2.12 bits per heavy atom. The van der Waals surface area contributed by atoms with Gasteiger partial charge in [-0.25, -0.2) is 14.8 Å². The molecule has 0 unspecified atom stereocenters. The molecule has 16 heavy (non-hydrogen) atoms. The van der Waals surface area contributed by atoms with Crippen LogP contribution in [0.15, 0.2) is 11.6 Å². The zero-order valence-corrected chi connectivity index (χ0v) is 9.76. The summed E-state index contributed by atoms with van der Waals surface area (Å²) >= 11 is 2.41. The van der Waals surface area contributed by atoms with E-state index in [1.807, 2.05) is 0 Å². The lowest BCUT2D eigenvalue weighted by atomic mass is 10.3. The predicted octanol–water partition coefficient (Wildman–Crippen LogP) is 2.17. The highest BCUT2D eigenvalue weighted by atomic mass is 32.1. The molecule has 2 rings (SSSR count). The molecular formula is C9H6N2O3S2. The number of ketones is 1. The van der Waals surface area contributed by atoms with E-state index in [0.717, 1.165) is 11.3 Å². The van der Waals surface area contributed by atoms with Crippen LogP contribution in [0.5, 0.6) is 0 Å². The Morgan fingerprint density at radius 3 is 2.56 bits per heavy atom. The summed E-state index contributed by atoms with van der Waals surface area (Å²) in [6, 6.07) is 0. The average molecular weight is 254 g/mol. The molecule has 2 aromatic rings. The molecule has 0 saturated carbocycles. The maximum atomic E-state index is 11.2. The van der Waals surface area contributed by atoms with E-state index < -0.39 is 5.97 Å². The van der Waals surface area contributed by atoms with Gasteiger partial charge in [0, 0.05) is 18.5 Å². The zero-order chi connectivity index (χ0) is 11.7. The molecule has 1 N–H and O–H groups in total. The van der Waals surface area contributed by atoms with E-state index in [2.05, 4.69) is 9.97 Å². The van der Waals surface area contributed by atoms with Gasteiger partial charge in [0.25, 0.3) is 0 Å². The SMILES string of the molecule is CC(=O)c1sc(-c2nccs2)nc1C(=O)O. The van der Waals surface area contributed by atoms with Crippen LogP contribution in [-0.4, -0.2) is 26.8 Å². The van der Waals surface area contributed by atoms with Crippen molar-refractivity contribution in [2.75, 3.05) is 0 Å². The predicted molar refractivity (Wildman–Crippen MR) is 60.2 cm³/mol. The van der Waals surface area contributed by atoms with Crippen LogP contribution in [0, 0.1) is 0 Å². The van der Waals surface area contributed by atoms with E-state index in [1.54, 1.807) is 11.6 Å². The van der Waals surface area contributed by atoms with Crippen molar-refractivity contribution in [1.82, 2.24) is 9.97 Å². The minimum atomic E-state index is -1.19. The summed E-state index contributed by atoms with van der Waals surface area (Å²) in [5.74, 6) is -1.48. The molecular weight excluding hydrogens is 248 g/mol. The zero-order valence-electron chi connectivity index (χ0n) is 8.13. The Kier molecular flexibility index (Phi) is 2.80. The van der Waals surface area contributed by atoms with Gasteiger partial charge in [0.15, 0.2) is 21.5 Å². The van der Waals surface area contributed by atoms with E-state index >= 15 is 0 Å². The Morgan fingerprint density at radius 1 is 1.38 bits per heavy atom. The minimum absolute atomic E-state index is 0.165. The number of carboxylic acids is 1. The highest BCUT2D eigenvalue weighted by molar-refractivity contribution is 7.21. The van der Waals surface area contributed by atoms with Crippen molar-refractivity contribution < 1.29 is 14.7 Å². The van der Waals surface area contributed by atoms with Crippen molar-refractivity contribution in [3.05, 3.63) is 22.1 Å². The molecule has 5 nitrogen and oxygen atoms in total. The van der Waals surface area contributed by atoms with Crippen molar-refractivity contribution in [3.8, 4) is 10.0 Å². The molecule has 0 spiro atoms. The molecule has 0 saturated heterocycles. The molecule has 0 aliphatic carbocycles. The Hall–Kier alpha value is -1.60. The van der Waals surface area contributed by atoms with E-state index in [1.165, 1.54) is 18.3 Å². The summed E-state index contributed by atoms with van der Waals surface area (Å²) in [6.07, 6.45) is 1.61. The summed E-state index contributed by atoms with van der Waals surface area (Å²) in [5, 5.41) is 11.8. The highest BCUT2D eigenvalue weighted by Gasteiger charge is 2.21. The lowest BCUT2D eigenvalue weighted by molar-refractivity contribution is 0.0687. The smallest absolute Gasteiger partial charge is 0.356 e. The maximum Gasteiger partial charge on any atom is 0.356 e. The minimum Gasteiger partial charge on any atom is -0.476 e. The van der Waals surface area contributed by atoms with Crippen LogP contribution in [0.1, 0.15) is 27.1 Å². The van der Waals surface area contributed by atoms with Gasteiger partial charge in [-0.2, -0.15) is 0 Å². The molecule has 0 amide bonds. The number of carbonyl (C=O) groups is 2. The lowest BCUT2D eigenvalue weighted by Crippen LogP contribution is -2.03. The largest absolute Gasteiger partial charge is 0.476 e. The van der Waals surface area contributed by atoms with Gasteiger partial charge >= 0.3 is 5.97 Å². The van der Waals surface area contributed by atoms with Gasteiger partial charge in [0.2, 0.25) is 0 Å². The van der Waals surface area contributed by atoms with Crippen LogP contribution in [0.3, 0.4) is 0 Å². The molecule has 0 aliphatic heterocycles. The molecule has 82 valence electrons. The monoisotopic (exact) mass is 254 g/mol. The van der Waals surface area contributed by atoms with Crippen molar-refractivity contribution >= 4 is 34.4 Å². The molecule has 0 atom stereocenters. The Bertz CT molecular complexity index is 514. The normalized spacial score (nSPS) is 10.3. The fraction of sp³-hybridized carbons (Fsp3) is 0.111. The fourth-order valence-corrected chi connectivity index (χ4v) is 2.76. The molecule has 0 fully saturated rings. The van der Waals surface area contributed by atoms with Crippen molar-refractivity contribution in [2.45, 2.75) is 6.92 Å². The maximum absolute atomic E-state index is 11.2. The van der Waals surface area contributed by atoms with Crippen LogP contribution in [0.25, 0.3) is 10.0 Å². The number of Topliss-reactive ketones (excluding diaryl/α,β-unsaturated/α-hetero) is 1. The quantitative estimate of drug-likeness (QED) is 0.849. The molecule has 2 aromatic heterocycles. The lowest BCUT2D eigenvalue weighted by Gasteiger charge is -1.89. The summed E-state index contributed by atoms with van der Waals surface area (Å²) in [5.41, 5.74) is -0.192. The summed E-state index contributed by atoms with van der Waals surface area (Å²) < 4.78 is 0. The van der Waals surface area contributed by atoms with E-state index in [9.17, 15) is 9.59 Å². The molecule has 7 heteroatoms. The number of carbonyl (C=O) groups excluding carboxylic acids is 1. The topological polar surface area (TPSA) is 80.2 Å². The first kappa shape index (κ1) is 10.9. The third-order valence-corrected chi connectivity index (χ3v) is 3.84. The Balaban J connectivity index is 2.55. The van der Waals surface area contributed by atoms with E-state index in [0.29, 0.717) is 10.0 Å². The fourth-order valence-electron chi connectivity index (χ4n) is 1.12. The molecule has 0 aliphatic rings. The number of aromatic carboxylic acids is 1. The van der Waals surface area contributed by atoms with E-state index in [-0.39, 0.29) is 16.4 Å². The number of nitrogens with zero attached hydrogens (tertiary/aromatic N) is 2. The van der Waals surface area contributed by atoms with Crippen molar-refractivity contribution in [2.24, 2.45) is 0 Å². The average Bonchev–Trinajstić information content (AvgIpc) is 2.86. The number of rotatable bonds is 3. The van der Waals surface area contributed by atoms with Crippen LogP contribution in [0.4, 0.5) is 0 Å². The molecule has 2 heterocycles. The number of thiazole rings is 2. The third kappa shape index (κ3) is 1.86. The second-order valence-corrected chi connectivity index (χ2v) is 4.79. The van der Waals surface area contributed by atoms with Crippen molar-refractivity contribution in [3.63, 3.8) is 0 Å². The van der Waals surface area contributed by atoms with Crippen LogP contribution >= 0.6 is 22.7 Å². The molecule has 0 bridgehead atoms. The first-order valence-corrected chi connectivity index (χ1v) is 5.94. The summed E-state index contributed by atoms with van der Waals surface area (Å²) in [6.45, 7) is 1.32. The van der Waals surface area contributed by atoms with Crippen LogP contribution < -0.4 is 0 Å². The van der Waals surface area contributed by atoms with Gasteiger partial charge in [-0.3, -0.25) is 4.79 Å². The van der Waals surface area contributed by atoms with Crippen LogP contribution in [0.2, 0.25) is 0 Å². The standard InChI is InChI=1S/C9H6N2O3S2/c1-4(12)6-5(9(13)14)11-8(16-6)7-10-2-3-15-7/h2-3H,1H3,(H,13,14). The van der Waals surface area contributed by atoms with Gasteiger partial charge in [0.05, 0.1) is 0 Å². The first-order valence-electron chi connectivity index (χ1n) is 4.24. The first-order chi connectivity index (χ1) is 7.59. The third-order valence-electron chi connectivity index (χ3n) is 1.76. The number of aromatic nitrogens is 2. The summed E-state index contributed by atoms with van der Waals surface area (Å²) in [4.78, 5) is 30.2. The number of hydrogen-bond acceptors (Lipinski definition) is 6. The Labute approximate surface area is 98.4 Å². The second kappa shape index (κ2) is 4.11. The van der Waals surface area contributed by atoms with Gasteiger partial charge < -0.3 is 5.11 Å². The van der Waals surface area contributed by atoms with Gasteiger partial charge in [-0.1, -0.05) is 0 Å². The van der Waals surface area contributed by atoms with Gasteiger partial charge in [0.1, 0.15) is 4.88 Å². The van der Waals surface area contributed by atoms with Crippen molar-refractivity contribution in [1.29, 1.82) is 0 Å². The van der Waals surface area contributed by atoms with Crippen LogP contribution in [-0.2, 0) is 0 Å². The van der Waals surface area contributed by atoms with E-state index in [4.69, 9.17) is 5.11 Å². The van der Waals surface area contributed by atoms with Gasteiger partial charge in [-0.15, -0.1) is 22.7 Å². The molecule has 0 radical (unpaired) electrons. The number of carboxylic acid groups (broad SMARTS) is 1. The molecule has 0 aromatic carbocycles. The second-order valence-electron chi connectivity index (χ2n) is 2.90. The number of hydrogen-bond donors (Lipinski definition) is 1. The highest BCUT2D eigenvalue weighted by Crippen LogP contribution is 2.29.